The predicted molar refractivity (Wildman–Crippen MR) is 94.4 cm³/mol. The van der Waals surface area contributed by atoms with Crippen LogP contribution in [0.3, 0.4) is 0 Å². The maximum atomic E-state index is 5.96. The highest BCUT2D eigenvalue weighted by molar-refractivity contribution is 4.76. The molecule has 0 aromatic rings. The number of ether oxygens (including phenoxy) is 1. The van der Waals surface area contributed by atoms with Gasteiger partial charge in [-0.1, -0.05) is 0 Å². The lowest BCUT2D eigenvalue weighted by molar-refractivity contribution is -0.0205. The van der Waals surface area contributed by atoms with Crippen molar-refractivity contribution >= 4 is 0 Å². The molecule has 2 fully saturated rings. The van der Waals surface area contributed by atoms with Crippen molar-refractivity contribution in [2.24, 2.45) is 5.92 Å². The molecule has 0 aromatic carbocycles. The molecule has 0 aromatic heterocycles. The van der Waals surface area contributed by atoms with Crippen molar-refractivity contribution in [3.8, 4) is 0 Å². The Morgan fingerprint density at radius 3 is 2.09 bits per heavy atom. The van der Waals surface area contributed by atoms with Crippen molar-refractivity contribution in [2.75, 3.05) is 32.7 Å². The Morgan fingerprint density at radius 2 is 1.55 bits per heavy atom. The summed E-state index contributed by atoms with van der Waals surface area (Å²) < 4.78 is 5.96. The molecule has 0 N–H and O–H groups in total. The smallest absolute Gasteiger partial charge is 0.0578 e. The molecule has 22 heavy (non-hydrogen) atoms. The molecule has 0 bridgehead atoms. The Hall–Kier alpha value is -0.120. The van der Waals surface area contributed by atoms with Gasteiger partial charge in [0.25, 0.3) is 0 Å². The zero-order chi connectivity index (χ0) is 15.9. The summed E-state index contributed by atoms with van der Waals surface area (Å²) in [5.41, 5.74) is 0. The molecule has 3 nitrogen and oxygen atoms in total. The van der Waals surface area contributed by atoms with Crippen molar-refractivity contribution in [1.29, 1.82) is 0 Å². The molecule has 1 heterocycles. The molecule has 0 radical (unpaired) electrons. The van der Waals surface area contributed by atoms with E-state index >= 15 is 0 Å². The van der Waals surface area contributed by atoms with E-state index in [9.17, 15) is 0 Å². The number of rotatable bonds is 7. The zero-order valence-electron chi connectivity index (χ0n) is 15.4. The van der Waals surface area contributed by atoms with Crippen LogP contribution in [-0.4, -0.2) is 60.8 Å². The zero-order valence-corrected chi connectivity index (χ0v) is 15.4. The summed E-state index contributed by atoms with van der Waals surface area (Å²) >= 11 is 0. The molecular formula is C19H38N2O. The lowest BCUT2D eigenvalue weighted by atomic mass is 9.84. The fourth-order valence-electron chi connectivity index (χ4n) is 4.05. The third kappa shape index (κ3) is 6.17. The van der Waals surface area contributed by atoms with Crippen LogP contribution in [-0.2, 0) is 4.74 Å². The molecule has 3 heteroatoms. The van der Waals surface area contributed by atoms with Gasteiger partial charge in [-0.05, 0) is 78.7 Å². The van der Waals surface area contributed by atoms with E-state index in [1.165, 1.54) is 71.2 Å². The van der Waals surface area contributed by atoms with Crippen LogP contribution >= 0.6 is 0 Å². The van der Waals surface area contributed by atoms with E-state index < -0.39 is 0 Å². The highest BCUT2D eigenvalue weighted by Crippen LogP contribution is 2.30. The Kier molecular flexibility index (Phi) is 7.66. The van der Waals surface area contributed by atoms with E-state index in [-0.39, 0.29) is 0 Å². The van der Waals surface area contributed by atoms with Gasteiger partial charge < -0.3 is 9.64 Å². The summed E-state index contributed by atoms with van der Waals surface area (Å²) in [6, 6.07) is 0.713. The van der Waals surface area contributed by atoms with E-state index in [1.807, 2.05) is 0 Å². The molecular weight excluding hydrogens is 272 g/mol. The van der Waals surface area contributed by atoms with E-state index in [0.717, 1.165) is 5.92 Å². The van der Waals surface area contributed by atoms with Crippen LogP contribution in [0.25, 0.3) is 0 Å². The summed E-state index contributed by atoms with van der Waals surface area (Å²) in [4.78, 5) is 5.28. The minimum atomic E-state index is 0.394. The average molecular weight is 311 g/mol. The second-order valence-electron chi connectivity index (χ2n) is 7.94. The third-order valence-electron chi connectivity index (χ3n) is 5.48. The third-order valence-corrected chi connectivity index (χ3v) is 5.48. The van der Waals surface area contributed by atoms with Crippen molar-refractivity contribution in [2.45, 2.75) is 84.5 Å². The first-order chi connectivity index (χ1) is 10.5. The number of piperazine rings is 1. The van der Waals surface area contributed by atoms with Crippen LogP contribution in [0.5, 0.6) is 0 Å². The number of hydrogen-bond acceptors (Lipinski definition) is 3. The minimum Gasteiger partial charge on any atom is -0.376 e. The SMILES string of the molecule is CC(C)O[C@H]1CC[C@@H](CCCN2CCN(C(C)C)CC2)CC1. The number of nitrogens with zero attached hydrogens (tertiary/aromatic N) is 2. The van der Waals surface area contributed by atoms with Crippen LogP contribution in [0.1, 0.15) is 66.2 Å². The summed E-state index contributed by atoms with van der Waals surface area (Å²) in [7, 11) is 0. The van der Waals surface area contributed by atoms with Crippen LogP contribution in [0, 0.1) is 5.92 Å². The van der Waals surface area contributed by atoms with Crippen LogP contribution < -0.4 is 0 Å². The summed E-state index contributed by atoms with van der Waals surface area (Å²) in [5.74, 6) is 0.962. The highest BCUT2D eigenvalue weighted by Gasteiger charge is 2.23. The Labute approximate surface area is 138 Å². The Bertz CT molecular complexity index is 290. The number of hydrogen-bond donors (Lipinski definition) is 0. The van der Waals surface area contributed by atoms with Crippen LogP contribution in [0.15, 0.2) is 0 Å². The van der Waals surface area contributed by atoms with Gasteiger partial charge in [0.05, 0.1) is 12.2 Å². The van der Waals surface area contributed by atoms with Gasteiger partial charge in [-0.15, -0.1) is 0 Å². The molecule has 0 spiro atoms. The molecule has 0 atom stereocenters. The molecule has 0 unspecified atom stereocenters. The van der Waals surface area contributed by atoms with E-state index in [0.29, 0.717) is 18.2 Å². The predicted octanol–water partition coefficient (Wildman–Crippen LogP) is 3.78. The van der Waals surface area contributed by atoms with E-state index in [2.05, 4.69) is 37.5 Å². The monoisotopic (exact) mass is 310 g/mol. The lowest BCUT2D eigenvalue weighted by Crippen LogP contribution is -2.48. The van der Waals surface area contributed by atoms with Gasteiger partial charge in [0.1, 0.15) is 0 Å². The summed E-state index contributed by atoms with van der Waals surface area (Å²) in [5, 5.41) is 0. The fraction of sp³-hybridized carbons (Fsp3) is 1.00. The van der Waals surface area contributed by atoms with E-state index in [1.54, 1.807) is 0 Å². The molecule has 130 valence electrons. The molecule has 2 aliphatic rings. The first-order valence-corrected chi connectivity index (χ1v) is 9.66. The van der Waals surface area contributed by atoms with Crippen molar-refractivity contribution < 1.29 is 4.74 Å². The van der Waals surface area contributed by atoms with Crippen LogP contribution in [0.2, 0.25) is 0 Å². The quantitative estimate of drug-likeness (QED) is 0.712. The summed E-state index contributed by atoms with van der Waals surface area (Å²) in [6.45, 7) is 15.3. The van der Waals surface area contributed by atoms with Gasteiger partial charge in [-0.25, -0.2) is 0 Å². The Morgan fingerprint density at radius 1 is 0.909 bits per heavy atom. The topological polar surface area (TPSA) is 15.7 Å². The van der Waals surface area contributed by atoms with Gasteiger partial charge in [-0.3, -0.25) is 4.90 Å². The average Bonchev–Trinajstić information content (AvgIpc) is 2.49. The maximum Gasteiger partial charge on any atom is 0.0578 e. The second kappa shape index (κ2) is 9.24. The summed E-state index contributed by atoms with van der Waals surface area (Å²) in [6.07, 6.45) is 9.11. The van der Waals surface area contributed by atoms with E-state index in [4.69, 9.17) is 4.74 Å². The van der Waals surface area contributed by atoms with Crippen molar-refractivity contribution in [1.82, 2.24) is 9.80 Å². The first-order valence-electron chi connectivity index (χ1n) is 9.66. The molecule has 2 rings (SSSR count). The van der Waals surface area contributed by atoms with Gasteiger partial charge in [0.2, 0.25) is 0 Å². The van der Waals surface area contributed by atoms with Crippen molar-refractivity contribution in [3.05, 3.63) is 0 Å². The first kappa shape index (κ1) is 18.2. The lowest BCUT2D eigenvalue weighted by Gasteiger charge is -2.37. The molecule has 1 saturated carbocycles. The second-order valence-corrected chi connectivity index (χ2v) is 7.94. The van der Waals surface area contributed by atoms with Crippen LogP contribution in [0.4, 0.5) is 0 Å². The largest absolute Gasteiger partial charge is 0.376 e. The normalized spacial score (nSPS) is 28.6. The van der Waals surface area contributed by atoms with Gasteiger partial charge >= 0.3 is 0 Å². The minimum absolute atomic E-state index is 0.394. The molecule has 0 amide bonds. The van der Waals surface area contributed by atoms with Gasteiger partial charge in [0, 0.05) is 32.2 Å². The molecule has 1 aliphatic carbocycles. The van der Waals surface area contributed by atoms with Crippen molar-refractivity contribution in [3.63, 3.8) is 0 Å². The molecule has 1 aliphatic heterocycles. The van der Waals surface area contributed by atoms with Gasteiger partial charge in [0.15, 0.2) is 0 Å². The molecule has 1 saturated heterocycles. The van der Waals surface area contributed by atoms with Gasteiger partial charge in [-0.2, -0.15) is 0 Å². The standard InChI is InChI=1S/C19H38N2O/c1-16(2)21-14-12-20(13-15-21)11-5-6-18-7-9-19(10-8-18)22-17(3)4/h16-19H,5-15H2,1-4H3/t18-,19+. The fourth-order valence-corrected chi connectivity index (χ4v) is 4.05. The maximum absolute atomic E-state index is 5.96. The Balaban J connectivity index is 1.53. The highest BCUT2D eigenvalue weighted by atomic mass is 16.5.